The highest BCUT2D eigenvalue weighted by molar-refractivity contribution is 6.24. The lowest BCUT2D eigenvalue weighted by atomic mass is 9.59. The van der Waals surface area contributed by atoms with Crippen molar-refractivity contribution >= 4 is 23.4 Å². The molecule has 0 spiro atoms. The molecular weight excluding hydrogens is 418 g/mol. The molecule has 1 aromatic rings. The van der Waals surface area contributed by atoms with Crippen LogP contribution < -0.4 is 0 Å². The van der Waals surface area contributed by atoms with E-state index in [1.165, 1.54) is 18.0 Å². The molecule has 5 rings (SSSR count). The second kappa shape index (κ2) is 7.51. The summed E-state index contributed by atoms with van der Waals surface area (Å²) in [5, 5.41) is 11.2. The lowest BCUT2D eigenvalue weighted by Crippen LogP contribution is -2.39. The summed E-state index contributed by atoms with van der Waals surface area (Å²) in [5.41, 5.74) is 3.20. The number of carbonyl (C=O) groups is 4. The molecule has 4 aliphatic rings. The zero-order valence-corrected chi connectivity index (χ0v) is 18.6. The van der Waals surface area contributed by atoms with E-state index in [0.717, 1.165) is 5.57 Å². The Labute approximate surface area is 192 Å². The van der Waals surface area contributed by atoms with E-state index in [-0.39, 0.29) is 41.5 Å². The summed E-state index contributed by atoms with van der Waals surface area (Å²) in [7, 11) is 1.50. The van der Waals surface area contributed by atoms with Crippen LogP contribution in [0.5, 0.6) is 5.75 Å². The summed E-state index contributed by atoms with van der Waals surface area (Å²) in [4.78, 5) is 53.3. The number of para-hydroxylation sites is 1. The average molecular weight is 443 g/mol. The van der Waals surface area contributed by atoms with E-state index in [0.29, 0.717) is 40.7 Å². The summed E-state index contributed by atoms with van der Waals surface area (Å²) >= 11 is 0. The quantitative estimate of drug-likeness (QED) is 0.440. The van der Waals surface area contributed by atoms with Crippen molar-refractivity contribution < 1.29 is 24.3 Å². The first-order valence-electron chi connectivity index (χ1n) is 11.2. The lowest BCUT2D eigenvalue weighted by molar-refractivity contribution is -0.138. The van der Waals surface area contributed by atoms with Crippen LogP contribution in [0.4, 0.5) is 0 Å². The van der Waals surface area contributed by atoms with Gasteiger partial charge in [-0.1, -0.05) is 35.9 Å². The molecule has 6 nitrogen and oxygen atoms in total. The number of Topliss-reactive ketones (excluding diaryl/α,β-unsaturated/α-hetero) is 1. The number of phenols is 1. The molecule has 0 saturated carbocycles. The van der Waals surface area contributed by atoms with Crippen molar-refractivity contribution in [1.29, 1.82) is 0 Å². The second-order valence-corrected chi connectivity index (χ2v) is 9.31. The maximum absolute atomic E-state index is 13.3. The third kappa shape index (κ3) is 2.93. The van der Waals surface area contributed by atoms with Crippen LogP contribution >= 0.6 is 0 Å². The number of benzene rings is 1. The Morgan fingerprint density at radius 2 is 1.91 bits per heavy atom. The van der Waals surface area contributed by atoms with Crippen molar-refractivity contribution in [3.05, 3.63) is 76.4 Å². The highest BCUT2D eigenvalue weighted by Crippen LogP contribution is 2.56. The fourth-order valence-electron chi connectivity index (χ4n) is 6.04. The largest absolute Gasteiger partial charge is 0.507 e. The number of imide groups is 1. The number of carbonyl (C=O) groups excluding carboxylic acids is 4. The molecule has 168 valence electrons. The number of rotatable bonds is 3. The molecule has 1 N–H and O–H groups in total. The smallest absolute Gasteiger partial charge is 0.233 e. The Bertz CT molecular complexity index is 1250. The van der Waals surface area contributed by atoms with Gasteiger partial charge in [0.1, 0.15) is 5.75 Å². The summed E-state index contributed by atoms with van der Waals surface area (Å²) in [6.45, 7) is 5.37. The molecule has 0 radical (unpaired) electrons. The van der Waals surface area contributed by atoms with E-state index >= 15 is 0 Å². The normalized spacial score (nSPS) is 28.8. The predicted octanol–water partition coefficient (Wildman–Crippen LogP) is 3.18. The summed E-state index contributed by atoms with van der Waals surface area (Å²) in [6.07, 6.45) is 6.10. The number of hydrogen-bond acceptors (Lipinski definition) is 5. The van der Waals surface area contributed by atoms with E-state index in [9.17, 15) is 24.3 Å². The standard InChI is InChI=1S/C27H25NO5/c1-4-6-14-7-5-8-16(25(14)31)21-15-9-10-17-22(27(33)28(3)26(17)32)18(15)12-19-20(29)11-13(2)24(30)23(19)21/h4-5,7-9,11,17-18,21-22,31H,1,6,10,12H2,2-3H3/t17-,18+,21+,22-/m0/s1. The molecule has 4 atom stereocenters. The third-order valence-corrected chi connectivity index (χ3v) is 7.61. The molecule has 1 aliphatic heterocycles. The van der Waals surface area contributed by atoms with Crippen LogP contribution in [0, 0.1) is 17.8 Å². The molecule has 1 fully saturated rings. The number of hydrogen-bond donors (Lipinski definition) is 1. The molecule has 0 bridgehead atoms. The van der Waals surface area contributed by atoms with Gasteiger partial charge in [0.15, 0.2) is 11.6 Å². The molecule has 0 aromatic heterocycles. The van der Waals surface area contributed by atoms with Crippen molar-refractivity contribution in [3.63, 3.8) is 0 Å². The number of phenolic OH excluding ortho intramolecular Hbond substituents is 1. The number of likely N-dealkylation sites (tertiary alicyclic amines) is 1. The second-order valence-electron chi connectivity index (χ2n) is 9.31. The van der Waals surface area contributed by atoms with Crippen LogP contribution in [0.3, 0.4) is 0 Å². The Morgan fingerprint density at radius 1 is 1.15 bits per heavy atom. The number of fused-ring (bicyclic) bond motifs is 3. The minimum atomic E-state index is -0.640. The SMILES string of the molecule is C=CCc1cccc([C@H]2C3=CC[C@@H]4C(=O)N(C)C(=O)[C@@H]4[C@@H]3CC3=C2C(=O)C(C)=CC3=O)c1O. The zero-order valence-electron chi connectivity index (χ0n) is 18.6. The fourth-order valence-corrected chi connectivity index (χ4v) is 6.04. The topological polar surface area (TPSA) is 91.8 Å². The van der Waals surface area contributed by atoms with Gasteiger partial charge in [-0.3, -0.25) is 24.1 Å². The first-order chi connectivity index (χ1) is 15.8. The summed E-state index contributed by atoms with van der Waals surface area (Å²) in [5.74, 6) is -2.85. The summed E-state index contributed by atoms with van der Waals surface area (Å²) < 4.78 is 0. The number of aromatic hydroxyl groups is 1. The average Bonchev–Trinajstić information content (AvgIpc) is 3.02. The molecule has 2 amide bonds. The van der Waals surface area contributed by atoms with E-state index in [2.05, 4.69) is 6.58 Å². The van der Waals surface area contributed by atoms with Crippen molar-refractivity contribution in [3.8, 4) is 5.75 Å². The predicted molar refractivity (Wildman–Crippen MR) is 121 cm³/mol. The van der Waals surface area contributed by atoms with Crippen LogP contribution in [0.25, 0.3) is 0 Å². The van der Waals surface area contributed by atoms with Crippen molar-refractivity contribution in [2.75, 3.05) is 7.05 Å². The van der Waals surface area contributed by atoms with Gasteiger partial charge in [0.2, 0.25) is 11.8 Å². The molecule has 1 saturated heterocycles. The highest BCUT2D eigenvalue weighted by Gasteiger charge is 2.55. The van der Waals surface area contributed by atoms with Crippen LogP contribution in [-0.4, -0.2) is 40.4 Å². The van der Waals surface area contributed by atoms with Crippen molar-refractivity contribution in [2.24, 2.45) is 17.8 Å². The number of allylic oxidation sites excluding steroid dienone is 7. The molecule has 6 heteroatoms. The maximum Gasteiger partial charge on any atom is 0.233 e. The van der Waals surface area contributed by atoms with Gasteiger partial charge in [-0.05, 0) is 43.7 Å². The van der Waals surface area contributed by atoms with Gasteiger partial charge in [-0.2, -0.15) is 0 Å². The Hall–Kier alpha value is -3.54. The lowest BCUT2D eigenvalue weighted by Gasteiger charge is -2.42. The van der Waals surface area contributed by atoms with Gasteiger partial charge in [-0.25, -0.2) is 0 Å². The van der Waals surface area contributed by atoms with E-state index < -0.39 is 17.8 Å². The Kier molecular flexibility index (Phi) is 4.85. The number of nitrogens with zero attached hydrogens (tertiary/aromatic N) is 1. The molecular formula is C27H25NO5. The van der Waals surface area contributed by atoms with Crippen molar-refractivity contribution in [2.45, 2.75) is 32.1 Å². The fraction of sp³-hybridized carbons (Fsp3) is 0.333. The highest BCUT2D eigenvalue weighted by atomic mass is 16.3. The first-order valence-corrected chi connectivity index (χ1v) is 11.2. The van der Waals surface area contributed by atoms with Gasteiger partial charge in [-0.15, -0.1) is 6.58 Å². The van der Waals surface area contributed by atoms with Gasteiger partial charge in [0.25, 0.3) is 0 Å². The molecule has 33 heavy (non-hydrogen) atoms. The van der Waals surface area contributed by atoms with E-state index in [1.54, 1.807) is 25.1 Å². The number of ketones is 2. The van der Waals surface area contributed by atoms with E-state index in [4.69, 9.17) is 0 Å². The third-order valence-electron chi connectivity index (χ3n) is 7.61. The monoisotopic (exact) mass is 443 g/mol. The molecule has 1 heterocycles. The number of amides is 2. The van der Waals surface area contributed by atoms with Crippen LogP contribution in [-0.2, 0) is 25.6 Å². The van der Waals surface area contributed by atoms with E-state index in [1.807, 2.05) is 12.1 Å². The maximum atomic E-state index is 13.3. The Morgan fingerprint density at radius 3 is 2.64 bits per heavy atom. The Balaban J connectivity index is 1.74. The first kappa shape index (κ1) is 21.3. The van der Waals surface area contributed by atoms with Crippen LogP contribution in [0.15, 0.2) is 65.3 Å². The zero-order chi connectivity index (χ0) is 23.6. The summed E-state index contributed by atoms with van der Waals surface area (Å²) in [6, 6.07) is 5.39. The molecule has 0 unspecified atom stereocenters. The van der Waals surface area contributed by atoms with Gasteiger partial charge >= 0.3 is 0 Å². The molecule has 3 aliphatic carbocycles. The van der Waals surface area contributed by atoms with Gasteiger partial charge in [0, 0.05) is 35.2 Å². The van der Waals surface area contributed by atoms with Gasteiger partial charge in [0.05, 0.1) is 11.8 Å². The van der Waals surface area contributed by atoms with Gasteiger partial charge < -0.3 is 5.11 Å². The minimum absolute atomic E-state index is 0.0660. The molecule has 1 aromatic carbocycles. The van der Waals surface area contributed by atoms with Crippen LogP contribution in [0.2, 0.25) is 0 Å². The van der Waals surface area contributed by atoms with Crippen LogP contribution in [0.1, 0.15) is 36.8 Å². The van der Waals surface area contributed by atoms with Crippen molar-refractivity contribution in [1.82, 2.24) is 4.90 Å². The minimum Gasteiger partial charge on any atom is -0.507 e.